The molecule has 4 aromatic carbocycles. The van der Waals surface area contributed by atoms with Crippen LogP contribution in [-0.4, -0.2) is 24.8 Å². The second-order valence-electron chi connectivity index (χ2n) is 9.62. The van der Waals surface area contributed by atoms with Crippen molar-refractivity contribution in [3.63, 3.8) is 0 Å². The highest BCUT2D eigenvalue weighted by atomic mass is 35.5. The summed E-state index contributed by atoms with van der Waals surface area (Å²) in [5.74, 6) is -0.613. The molecule has 7 nitrogen and oxygen atoms in total. The molecule has 3 N–H and O–H groups in total. The van der Waals surface area contributed by atoms with Gasteiger partial charge in [-0.3, -0.25) is 14.4 Å². The van der Waals surface area contributed by atoms with Crippen LogP contribution in [0, 0.1) is 0 Å². The highest BCUT2D eigenvalue weighted by Gasteiger charge is 2.23. The van der Waals surface area contributed by atoms with Crippen molar-refractivity contribution in [2.75, 3.05) is 17.7 Å². The number of hydrogen-bond donors (Lipinski definition) is 3. The number of rotatable bonds is 11. The molecule has 1 heterocycles. The number of methoxy groups -OCH3 is 1. The van der Waals surface area contributed by atoms with E-state index in [0.29, 0.717) is 27.7 Å². The molecule has 1 aromatic heterocycles. The van der Waals surface area contributed by atoms with Gasteiger partial charge in [-0.05, 0) is 71.6 Å². The average Bonchev–Trinajstić information content (AvgIpc) is 3.57. The Kier molecular flexibility index (Phi) is 10.7. The van der Waals surface area contributed by atoms with E-state index in [0.717, 1.165) is 15.3 Å². The molecule has 0 radical (unpaired) electrons. The Morgan fingerprint density at radius 3 is 2.24 bits per heavy atom. The molecule has 0 fully saturated rings. The number of carbonyl (C=O) groups is 3. The zero-order chi connectivity index (χ0) is 31.6. The first-order valence-electron chi connectivity index (χ1n) is 13.8. The molecule has 0 aliphatic heterocycles. The van der Waals surface area contributed by atoms with Crippen molar-refractivity contribution in [2.45, 2.75) is 10.1 Å². The van der Waals surface area contributed by atoms with Gasteiger partial charge in [0.2, 0.25) is 5.91 Å². The molecule has 0 saturated carbocycles. The third-order valence-corrected chi connectivity index (χ3v) is 8.83. The fourth-order valence-electron chi connectivity index (χ4n) is 4.29. The van der Waals surface area contributed by atoms with Crippen molar-refractivity contribution in [1.29, 1.82) is 0 Å². The molecule has 0 bridgehead atoms. The number of halogens is 1. The van der Waals surface area contributed by atoms with Crippen molar-refractivity contribution in [2.24, 2.45) is 0 Å². The number of benzene rings is 4. The van der Waals surface area contributed by atoms with E-state index in [2.05, 4.69) is 16.0 Å². The molecule has 5 aromatic rings. The van der Waals surface area contributed by atoms with Gasteiger partial charge in [0.1, 0.15) is 16.7 Å². The van der Waals surface area contributed by atoms with Crippen LogP contribution in [-0.2, 0) is 9.59 Å². The van der Waals surface area contributed by atoms with Crippen molar-refractivity contribution >= 4 is 69.9 Å². The van der Waals surface area contributed by atoms with Crippen molar-refractivity contribution < 1.29 is 19.1 Å². The number of hydrogen-bond acceptors (Lipinski definition) is 6. The molecule has 3 amide bonds. The van der Waals surface area contributed by atoms with Crippen LogP contribution in [0.5, 0.6) is 5.75 Å². The highest BCUT2D eigenvalue weighted by Crippen LogP contribution is 2.38. The van der Waals surface area contributed by atoms with Gasteiger partial charge in [-0.25, -0.2) is 0 Å². The third kappa shape index (κ3) is 8.63. The van der Waals surface area contributed by atoms with Gasteiger partial charge >= 0.3 is 0 Å². The van der Waals surface area contributed by atoms with E-state index in [-0.39, 0.29) is 11.6 Å². The summed E-state index contributed by atoms with van der Waals surface area (Å²) in [5.41, 5.74) is 2.38. The van der Waals surface area contributed by atoms with E-state index in [9.17, 15) is 14.4 Å². The lowest BCUT2D eigenvalue weighted by atomic mass is 10.1. The normalized spacial score (nSPS) is 11.7. The van der Waals surface area contributed by atoms with Crippen LogP contribution in [0.3, 0.4) is 0 Å². The van der Waals surface area contributed by atoms with Crippen LogP contribution in [0.2, 0.25) is 5.02 Å². The molecule has 0 saturated heterocycles. The number of thioether (sulfide) groups is 1. The fraction of sp³-hybridized carbons (Fsp3) is 0.0571. The second kappa shape index (κ2) is 15.3. The Balaban J connectivity index is 1.35. The predicted octanol–water partition coefficient (Wildman–Crippen LogP) is 8.29. The lowest BCUT2D eigenvalue weighted by Gasteiger charge is -2.18. The molecule has 1 atom stereocenters. The van der Waals surface area contributed by atoms with Crippen LogP contribution in [0.4, 0.5) is 11.4 Å². The fourth-order valence-corrected chi connectivity index (χ4v) is 6.29. The summed E-state index contributed by atoms with van der Waals surface area (Å²) in [6, 6.07) is 34.1. The number of thiophene rings is 1. The van der Waals surface area contributed by atoms with Gasteiger partial charge in [0.15, 0.2) is 0 Å². The predicted molar refractivity (Wildman–Crippen MR) is 183 cm³/mol. The zero-order valence-corrected chi connectivity index (χ0v) is 26.4. The van der Waals surface area contributed by atoms with Crippen molar-refractivity contribution in [3.8, 4) is 5.75 Å². The Hall–Kier alpha value is -4.83. The smallest absolute Gasteiger partial charge is 0.272 e. The molecule has 5 rings (SSSR count). The summed E-state index contributed by atoms with van der Waals surface area (Å²) in [6.45, 7) is 0. The van der Waals surface area contributed by atoms with E-state index in [1.54, 1.807) is 66.7 Å². The maximum Gasteiger partial charge on any atom is 0.272 e. The minimum atomic E-state index is -0.613. The monoisotopic (exact) mass is 653 g/mol. The first-order chi connectivity index (χ1) is 21.9. The number of amides is 3. The van der Waals surface area contributed by atoms with Gasteiger partial charge in [0.05, 0.1) is 12.1 Å². The second-order valence-corrected chi connectivity index (χ2v) is 12.2. The van der Waals surface area contributed by atoms with Crippen LogP contribution in [0.25, 0.3) is 6.08 Å². The maximum absolute atomic E-state index is 13.6. The summed E-state index contributed by atoms with van der Waals surface area (Å²) in [5, 5.41) is 10.3. The number of nitrogens with one attached hydrogen (secondary N) is 3. The van der Waals surface area contributed by atoms with Crippen LogP contribution in [0.15, 0.2) is 131 Å². The van der Waals surface area contributed by atoms with Crippen LogP contribution in [0.1, 0.15) is 26.0 Å². The zero-order valence-electron chi connectivity index (χ0n) is 24.0. The largest absolute Gasteiger partial charge is 0.495 e. The van der Waals surface area contributed by atoms with Gasteiger partial charge < -0.3 is 20.7 Å². The van der Waals surface area contributed by atoms with Crippen LogP contribution >= 0.6 is 34.7 Å². The van der Waals surface area contributed by atoms with Gasteiger partial charge in [0.25, 0.3) is 11.8 Å². The van der Waals surface area contributed by atoms with Gasteiger partial charge in [-0.1, -0.05) is 72.3 Å². The number of carbonyl (C=O) groups excluding carboxylic acids is 3. The average molecular weight is 654 g/mol. The number of ether oxygens (including phenoxy) is 1. The summed E-state index contributed by atoms with van der Waals surface area (Å²) in [7, 11) is 1.53. The van der Waals surface area contributed by atoms with E-state index < -0.39 is 17.1 Å². The molecule has 45 heavy (non-hydrogen) atoms. The Morgan fingerprint density at radius 1 is 0.822 bits per heavy atom. The third-order valence-electron chi connectivity index (χ3n) is 6.46. The summed E-state index contributed by atoms with van der Waals surface area (Å²) in [6.07, 6.45) is 1.64. The Labute approximate surface area is 274 Å². The maximum atomic E-state index is 13.6. The molecular formula is C35H28ClN3O4S2. The Morgan fingerprint density at radius 2 is 1.56 bits per heavy atom. The summed E-state index contributed by atoms with van der Waals surface area (Å²) in [4.78, 5) is 41.5. The molecule has 0 spiro atoms. The van der Waals surface area contributed by atoms with Crippen molar-refractivity contribution in [1.82, 2.24) is 5.32 Å². The molecule has 0 aliphatic rings. The van der Waals surface area contributed by atoms with E-state index in [1.807, 2.05) is 60.0 Å². The van der Waals surface area contributed by atoms with E-state index in [4.69, 9.17) is 16.3 Å². The first-order valence-corrected chi connectivity index (χ1v) is 15.9. The highest BCUT2D eigenvalue weighted by molar-refractivity contribution is 8.00. The molecule has 226 valence electrons. The minimum Gasteiger partial charge on any atom is -0.495 e. The molecule has 1 unspecified atom stereocenters. The van der Waals surface area contributed by atoms with Crippen LogP contribution < -0.4 is 20.7 Å². The minimum absolute atomic E-state index is 0.101. The topological polar surface area (TPSA) is 96.5 Å². The van der Waals surface area contributed by atoms with Crippen molar-refractivity contribution in [3.05, 3.63) is 147 Å². The summed E-state index contributed by atoms with van der Waals surface area (Å²) < 4.78 is 5.22. The molecular weight excluding hydrogens is 626 g/mol. The molecule has 10 heteroatoms. The van der Waals surface area contributed by atoms with Gasteiger partial charge in [-0.2, -0.15) is 0 Å². The quantitative estimate of drug-likeness (QED) is 0.0985. The lowest BCUT2D eigenvalue weighted by Crippen LogP contribution is -2.30. The number of anilines is 2. The standard InChI is InChI=1S/C35H28ClN3O4S2/c1-43-31-18-17-26(21-29(31)36)38-35(42)32(23-10-4-2-5-11-23)45-28-15-8-14-25(20-28)37-34(41)30(22-27-16-9-19-44-27)39-33(40)24-12-6-3-7-13-24/h2-22,32H,1H3,(H,37,41)(H,38,42)(H,39,40)/b30-22-. The van der Waals surface area contributed by atoms with Gasteiger partial charge in [0, 0.05) is 26.7 Å². The van der Waals surface area contributed by atoms with E-state index >= 15 is 0 Å². The lowest BCUT2D eigenvalue weighted by molar-refractivity contribution is -0.116. The van der Waals surface area contributed by atoms with E-state index in [1.165, 1.54) is 30.2 Å². The van der Waals surface area contributed by atoms with Gasteiger partial charge in [-0.15, -0.1) is 23.1 Å². The summed E-state index contributed by atoms with van der Waals surface area (Å²) >= 11 is 9.06. The first kappa shape index (κ1) is 31.6. The molecule has 0 aliphatic carbocycles. The SMILES string of the molecule is COc1ccc(NC(=O)C(Sc2cccc(NC(=O)/C(=C/c3cccs3)NC(=O)c3ccccc3)c2)c2ccccc2)cc1Cl. The Bertz CT molecular complexity index is 1810.